The number of carboxylic acids is 2. The number of hydrogen-bond donors (Lipinski definition) is 6. The first-order chi connectivity index (χ1) is 9.07. The van der Waals surface area contributed by atoms with Crippen molar-refractivity contribution >= 4 is 23.8 Å². The molecule has 0 aliphatic carbocycles. The van der Waals surface area contributed by atoms with Crippen molar-refractivity contribution in [1.29, 1.82) is 0 Å². The molecule has 0 saturated heterocycles. The van der Waals surface area contributed by atoms with E-state index in [1.54, 1.807) is 0 Å². The van der Waals surface area contributed by atoms with Crippen LogP contribution in [0.5, 0.6) is 0 Å². The number of carbonyl (C=O) groups excluding carboxylic acids is 2. The molecular weight excluding hydrogens is 336 g/mol. The van der Waals surface area contributed by atoms with Gasteiger partial charge in [0.25, 0.3) is 0 Å². The number of nitrogens with two attached hydrogens (primary N) is 4. The average molecular weight is 356 g/mol. The van der Waals surface area contributed by atoms with Crippen molar-refractivity contribution in [2.45, 2.75) is 37.8 Å². The van der Waals surface area contributed by atoms with Gasteiger partial charge in [0.2, 0.25) is 11.8 Å². The van der Waals surface area contributed by atoms with E-state index in [1.165, 1.54) is 0 Å². The largest absolute Gasteiger partial charge is 0.480 e. The van der Waals surface area contributed by atoms with Gasteiger partial charge in [-0.1, -0.05) is 0 Å². The molecule has 2 atom stereocenters. The van der Waals surface area contributed by atoms with Gasteiger partial charge < -0.3 is 33.1 Å². The van der Waals surface area contributed by atoms with Crippen LogP contribution in [0.25, 0.3) is 0 Å². The Morgan fingerprint density at radius 3 is 1.14 bits per heavy atom. The van der Waals surface area contributed by atoms with Crippen molar-refractivity contribution in [1.82, 2.24) is 0 Å². The molecular formula is C10H20CuN4O6. The van der Waals surface area contributed by atoms with Gasteiger partial charge in [0.15, 0.2) is 0 Å². The van der Waals surface area contributed by atoms with Crippen LogP contribution in [-0.2, 0) is 36.2 Å². The van der Waals surface area contributed by atoms with Gasteiger partial charge in [0, 0.05) is 29.9 Å². The molecule has 0 aliphatic heterocycles. The van der Waals surface area contributed by atoms with Gasteiger partial charge in [-0.05, 0) is 12.8 Å². The predicted molar refractivity (Wildman–Crippen MR) is 68.1 cm³/mol. The molecule has 0 aromatic carbocycles. The molecule has 2 amide bonds. The number of rotatable bonds is 8. The zero-order valence-corrected chi connectivity index (χ0v) is 12.1. The van der Waals surface area contributed by atoms with Crippen molar-refractivity contribution in [3.63, 3.8) is 0 Å². The Morgan fingerprint density at radius 2 is 1.00 bits per heavy atom. The fraction of sp³-hybridized carbons (Fsp3) is 0.600. The quantitative estimate of drug-likeness (QED) is 0.252. The van der Waals surface area contributed by atoms with Crippen molar-refractivity contribution in [2.75, 3.05) is 0 Å². The molecule has 1 radical (unpaired) electrons. The number of primary amides is 2. The van der Waals surface area contributed by atoms with E-state index in [0.29, 0.717) is 0 Å². The summed E-state index contributed by atoms with van der Waals surface area (Å²) in [6.45, 7) is 0. The van der Waals surface area contributed by atoms with Crippen molar-refractivity contribution in [3.8, 4) is 0 Å². The van der Waals surface area contributed by atoms with Gasteiger partial charge in [-0.25, -0.2) is 0 Å². The summed E-state index contributed by atoms with van der Waals surface area (Å²) in [4.78, 5) is 40.3. The third-order valence-electron chi connectivity index (χ3n) is 2.04. The molecule has 21 heavy (non-hydrogen) atoms. The Kier molecular flexibility index (Phi) is 15.4. The first-order valence-corrected chi connectivity index (χ1v) is 5.61. The summed E-state index contributed by atoms with van der Waals surface area (Å²) in [7, 11) is 0. The van der Waals surface area contributed by atoms with Crippen molar-refractivity contribution in [2.24, 2.45) is 22.9 Å². The number of aliphatic carboxylic acids is 2. The van der Waals surface area contributed by atoms with E-state index in [9.17, 15) is 19.2 Å². The molecule has 0 saturated carbocycles. The number of carbonyl (C=O) groups is 4. The van der Waals surface area contributed by atoms with Gasteiger partial charge in [-0.15, -0.1) is 0 Å². The maximum Gasteiger partial charge on any atom is 0.320 e. The third-order valence-corrected chi connectivity index (χ3v) is 2.04. The van der Waals surface area contributed by atoms with Gasteiger partial charge in [0.05, 0.1) is 0 Å². The second-order valence-corrected chi connectivity index (χ2v) is 3.90. The van der Waals surface area contributed by atoms with Gasteiger partial charge in [0.1, 0.15) is 12.1 Å². The Balaban J connectivity index is -0.000000295. The number of carboxylic acid groups (broad SMARTS) is 2. The van der Waals surface area contributed by atoms with Crippen LogP contribution in [0.15, 0.2) is 0 Å². The molecule has 0 aromatic heterocycles. The minimum atomic E-state index is -1.11. The first kappa shape index (κ1) is 24.3. The van der Waals surface area contributed by atoms with Crippen LogP contribution in [0.1, 0.15) is 25.7 Å². The van der Waals surface area contributed by atoms with E-state index < -0.39 is 35.8 Å². The molecule has 0 heterocycles. The topological polar surface area (TPSA) is 213 Å². The minimum Gasteiger partial charge on any atom is -0.480 e. The van der Waals surface area contributed by atoms with Crippen molar-refractivity contribution in [3.05, 3.63) is 0 Å². The summed E-state index contributed by atoms with van der Waals surface area (Å²) in [5.41, 5.74) is 19.6. The van der Waals surface area contributed by atoms with Crippen LogP contribution in [0.2, 0.25) is 0 Å². The normalized spacial score (nSPS) is 11.9. The Morgan fingerprint density at radius 1 is 0.762 bits per heavy atom. The Bertz CT molecular complexity index is 331. The predicted octanol–water partition coefficient (Wildman–Crippen LogP) is -2.67. The van der Waals surface area contributed by atoms with Crippen molar-refractivity contribution < 1.29 is 46.5 Å². The second kappa shape index (κ2) is 13.3. The van der Waals surface area contributed by atoms with E-state index in [1.807, 2.05) is 0 Å². The molecule has 0 aliphatic rings. The molecule has 0 fully saturated rings. The SMILES string of the molecule is NC(=O)CC[C@H](N)C(=O)O.NC(=O)CC[C@H](N)C(=O)O.[Cu]. The van der Waals surface area contributed by atoms with Crippen LogP contribution in [0.4, 0.5) is 0 Å². The van der Waals surface area contributed by atoms with Gasteiger partial charge in [-0.2, -0.15) is 0 Å². The van der Waals surface area contributed by atoms with E-state index in [4.69, 9.17) is 33.1 Å². The molecule has 127 valence electrons. The molecule has 0 unspecified atom stereocenters. The molecule has 11 heteroatoms. The fourth-order valence-corrected chi connectivity index (χ4v) is 0.842. The van der Waals surface area contributed by atoms with Gasteiger partial charge in [-0.3, -0.25) is 19.2 Å². The zero-order valence-electron chi connectivity index (χ0n) is 11.1. The monoisotopic (exact) mass is 355 g/mol. The summed E-state index contributed by atoms with van der Waals surface area (Å²) in [5.74, 6) is -3.28. The minimum absolute atomic E-state index is 0. The summed E-state index contributed by atoms with van der Waals surface area (Å²) in [6.07, 6.45) is 0.246. The second-order valence-electron chi connectivity index (χ2n) is 3.90. The molecule has 0 spiro atoms. The molecule has 0 bridgehead atoms. The Labute approximate surface area is 131 Å². The van der Waals surface area contributed by atoms with Crippen LogP contribution < -0.4 is 22.9 Å². The average Bonchev–Trinajstić information content (AvgIpc) is 2.33. The molecule has 10 nitrogen and oxygen atoms in total. The summed E-state index contributed by atoms with van der Waals surface area (Å²) in [5, 5.41) is 16.4. The number of amides is 2. The number of hydrogen-bond acceptors (Lipinski definition) is 6. The summed E-state index contributed by atoms with van der Waals surface area (Å²) in [6, 6.07) is -1.96. The van der Waals surface area contributed by atoms with Crippen LogP contribution in [0, 0.1) is 0 Å². The zero-order chi connectivity index (χ0) is 16.3. The van der Waals surface area contributed by atoms with Crippen LogP contribution in [0.3, 0.4) is 0 Å². The third kappa shape index (κ3) is 18.3. The maximum atomic E-state index is 10.1. The molecule has 0 rings (SSSR count). The van der Waals surface area contributed by atoms with E-state index in [2.05, 4.69) is 0 Å². The van der Waals surface area contributed by atoms with E-state index in [0.717, 1.165) is 0 Å². The van der Waals surface area contributed by atoms with Gasteiger partial charge >= 0.3 is 11.9 Å². The standard InChI is InChI=1S/2C5H10N2O3.Cu/c2*6-3(5(9)10)1-2-4(7)8;/h2*3H,1-2,6H2,(H2,7,8)(H,9,10);/t2*3-;/m00./s1. The summed E-state index contributed by atoms with van der Waals surface area (Å²) < 4.78 is 0. The summed E-state index contributed by atoms with van der Waals surface area (Å²) >= 11 is 0. The molecule has 0 aromatic rings. The fourth-order valence-electron chi connectivity index (χ4n) is 0.842. The first-order valence-electron chi connectivity index (χ1n) is 5.61. The van der Waals surface area contributed by atoms with Crippen LogP contribution >= 0.6 is 0 Å². The molecule has 10 N–H and O–H groups in total. The van der Waals surface area contributed by atoms with E-state index >= 15 is 0 Å². The smallest absolute Gasteiger partial charge is 0.320 e. The van der Waals surface area contributed by atoms with E-state index in [-0.39, 0.29) is 42.8 Å². The maximum absolute atomic E-state index is 10.1. The van der Waals surface area contributed by atoms with Crippen LogP contribution in [-0.4, -0.2) is 46.0 Å². The Hall–Kier alpha value is -1.68.